The maximum atomic E-state index is 13.0. The van der Waals surface area contributed by atoms with Gasteiger partial charge in [0.05, 0.1) is 17.0 Å². The van der Waals surface area contributed by atoms with Gasteiger partial charge >= 0.3 is 6.18 Å². The number of anilines is 1. The van der Waals surface area contributed by atoms with Crippen molar-refractivity contribution in [2.45, 2.75) is 42.9 Å². The lowest BCUT2D eigenvalue weighted by Gasteiger charge is -2.13. The molecule has 2 aromatic rings. The van der Waals surface area contributed by atoms with Gasteiger partial charge in [-0.15, -0.1) is 10.2 Å². The van der Waals surface area contributed by atoms with Crippen molar-refractivity contribution in [3.8, 4) is 0 Å². The summed E-state index contributed by atoms with van der Waals surface area (Å²) in [7, 11) is 1.85. The third-order valence-electron chi connectivity index (χ3n) is 4.43. The number of amides is 1. The van der Waals surface area contributed by atoms with Crippen molar-refractivity contribution in [2.75, 3.05) is 11.1 Å². The van der Waals surface area contributed by atoms with Crippen LogP contribution in [0.4, 0.5) is 18.9 Å². The second-order valence-corrected chi connectivity index (χ2v) is 7.20. The number of hydrogen-bond acceptors (Lipinski definition) is 4. The largest absolute Gasteiger partial charge is 0.418 e. The number of para-hydroxylation sites is 1. The average molecular weight is 384 g/mol. The molecule has 3 rings (SSSR count). The predicted octanol–water partition coefficient (Wildman–Crippen LogP) is 4.22. The molecular weight excluding hydrogens is 365 g/mol. The van der Waals surface area contributed by atoms with E-state index in [9.17, 15) is 18.0 Å². The Morgan fingerprint density at radius 2 is 1.96 bits per heavy atom. The van der Waals surface area contributed by atoms with E-state index < -0.39 is 17.6 Å². The summed E-state index contributed by atoms with van der Waals surface area (Å²) in [5.41, 5.74) is -1.10. The Morgan fingerprint density at radius 1 is 1.27 bits per heavy atom. The summed E-state index contributed by atoms with van der Waals surface area (Å²) in [6.45, 7) is 0. The molecule has 5 nitrogen and oxygen atoms in total. The Bertz CT molecular complexity index is 785. The van der Waals surface area contributed by atoms with Gasteiger partial charge in [0.25, 0.3) is 0 Å². The second-order valence-electron chi connectivity index (χ2n) is 6.26. The van der Waals surface area contributed by atoms with Crippen molar-refractivity contribution in [1.29, 1.82) is 0 Å². The van der Waals surface area contributed by atoms with Crippen LogP contribution in [0.3, 0.4) is 0 Å². The zero-order valence-corrected chi connectivity index (χ0v) is 15.0. The molecule has 26 heavy (non-hydrogen) atoms. The lowest BCUT2D eigenvalue weighted by molar-refractivity contribution is -0.137. The fraction of sp³-hybridized carbons (Fsp3) is 0.471. The van der Waals surface area contributed by atoms with Crippen molar-refractivity contribution in [2.24, 2.45) is 7.05 Å². The SMILES string of the molecule is Cn1c(SCC(=O)Nc2ccccc2C(F)(F)F)nnc1C1CCCC1. The molecule has 1 N–H and O–H groups in total. The van der Waals surface area contributed by atoms with Gasteiger partial charge in [0.15, 0.2) is 5.16 Å². The van der Waals surface area contributed by atoms with Crippen molar-refractivity contribution >= 4 is 23.4 Å². The molecule has 0 saturated heterocycles. The van der Waals surface area contributed by atoms with Crippen molar-refractivity contribution < 1.29 is 18.0 Å². The number of carbonyl (C=O) groups is 1. The minimum absolute atomic E-state index is 0.0389. The Morgan fingerprint density at radius 3 is 2.65 bits per heavy atom. The maximum Gasteiger partial charge on any atom is 0.418 e. The summed E-state index contributed by atoms with van der Waals surface area (Å²) in [6, 6.07) is 4.93. The highest BCUT2D eigenvalue weighted by atomic mass is 32.2. The van der Waals surface area contributed by atoms with Gasteiger partial charge in [-0.3, -0.25) is 4.79 Å². The monoisotopic (exact) mass is 384 g/mol. The van der Waals surface area contributed by atoms with Gasteiger partial charge in [-0.2, -0.15) is 13.2 Å². The van der Waals surface area contributed by atoms with E-state index in [1.807, 2.05) is 11.6 Å². The number of rotatable bonds is 5. The predicted molar refractivity (Wildman–Crippen MR) is 93.0 cm³/mol. The van der Waals surface area contributed by atoms with E-state index in [0.29, 0.717) is 11.1 Å². The van der Waals surface area contributed by atoms with E-state index in [0.717, 1.165) is 36.5 Å². The summed E-state index contributed by atoms with van der Waals surface area (Å²) in [6.07, 6.45) is 0.0234. The molecule has 1 aromatic carbocycles. The summed E-state index contributed by atoms with van der Waals surface area (Å²) in [5, 5.41) is 11.3. The van der Waals surface area contributed by atoms with Crippen molar-refractivity contribution in [3.05, 3.63) is 35.7 Å². The van der Waals surface area contributed by atoms with Gasteiger partial charge < -0.3 is 9.88 Å². The lowest BCUT2D eigenvalue weighted by Crippen LogP contribution is -2.18. The quantitative estimate of drug-likeness (QED) is 0.784. The Balaban J connectivity index is 1.62. The van der Waals surface area contributed by atoms with E-state index >= 15 is 0 Å². The number of benzene rings is 1. The number of carbonyl (C=O) groups excluding carboxylic acids is 1. The summed E-state index contributed by atoms with van der Waals surface area (Å²) in [4.78, 5) is 12.1. The summed E-state index contributed by atoms with van der Waals surface area (Å²) < 4.78 is 40.8. The summed E-state index contributed by atoms with van der Waals surface area (Å²) in [5.74, 6) is 0.752. The topological polar surface area (TPSA) is 59.8 Å². The molecule has 0 unspecified atom stereocenters. The molecule has 0 bridgehead atoms. The van der Waals surface area contributed by atoms with E-state index in [2.05, 4.69) is 15.5 Å². The Labute approximate surface area is 153 Å². The van der Waals surface area contributed by atoms with Gasteiger partial charge in [-0.05, 0) is 25.0 Å². The molecule has 1 saturated carbocycles. The Kier molecular flexibility index (Phi) is 5.55. The molecule has 0 spiro atoms. The van der Waals surface area contributed by atoms with Crippen LogP contribution in [0.1, 0.15) is 43.0 Å². The zero-order valence-electron chi connectivity index (χ0n) is 14.2. The molecular formula is C17H19F3N4OS. The molecule has 0 radical (unpaired) electrons. The third-order valence-corrected chi connectivity index (χ3v) is 5.45. The number of thioether (sulfide) groups is 1. The smallest absolute Gasteiger partial charge is 0.325 e. The fourth-order valence-electron chi connectivity index (χ4n) is 3.15. The van der Waals surface area contributed by atoms with E-state index in [4.69, 9.17) is 0 Å². The first kappa shape index (κ1) is 18.8. The van der Waals surface area contributed by atoms with E-state index in [-0.39, 0.29) is 11.4 Å². The number of alkyl halides is 3. The number of nitrogens with one attached hydrogen (secondary N) is 1. The second kappa shape index (κ2) is 7.69. The van der Waals surface area contributed by atoms with Gasteiger partial charge in [0, 0.05) is 13.0 Å². The molecule has 0 aliphatic heterocycles. The van der Waals surface area contributed by atoms with Crippen LogP contribution in [0.5, 0.6) is 0 Å². The molecule has 1 aliphatic carbocycles. The maximum absolute atomic E-state index is 13.0. The molecule has 0 atom stereocenters. The first-order valence-corrected chi connectivity index (χ1v) is 9.33. The standard InChI is InChI=1S/C17H19F3N4OS/c1-24-15(11-6-2-3-7-11)22-23-16(24)26-10-14(25)21-13-9-5-4-8-12(13)17(18,19)20/h4-5,8-9,11H,2-3,6-7,10H2,1H3,(H,21,25). The first-order valence-electron chi connectivity index (χ1n) is 8.34. The average Bonchev–Trinajstić information content (AvgIpc) is 3.22. The Hall–Kier alpha value is -2.03. The number of nitrogens with zero attached hydrogens (tertiary/aromatic N) is 3. The minimum Gasteiger partial charge on any atom is -0.325 e. The number of halogens is 3. The van der Waals surface area contributed by atoms with Crippen molar-refractivity contribution in [1.82, 2.24) is 14.8 Å². The van der Waals surface area contributed by atoms with Crippen LogP contribution >= 0.6 is 11.8 Å². The van der Waals surface area contributed by atoms with Crippen LogP contribution in [-0.2, 0) is 18.0 Å². The van der Waals surface area contributed by atoms with E-state index in [1.54, 1.807) is 0 Å². The number of hydrogen-bond donors (Lipinski definition) is 1. The highest BCUT2D eigenvalue weighted by Crippen LogP contribution is 2.35. The third kappa shape index (κ3) is 4.20. The van der Waals surface area contributed by atoms with Crippen LogP contribution in [0.15, 0.2) is 29.4 Å². The first-order chi connectivity index (χ1) is 12.4. The van der Waals surface area contributed by atoms with Crippen LogP contribution in [0.25, 0.3) is 0 Å². The van der Waals surface area contributed by atoms with Gasteiger partial charge in [0.1, 0.15) is 5.82 Å². The van der Waals surface area contributed by atoms with E-state index in [1.165, 1.54) is 31.0 Å². The molecule has 1 heterocycles. The normalized spacial score (nSPS) is 15.4. The van der Waals surface area contributed by atoms with Gasteiger partial charge in [-0.1, -0.05) is 36.7 Å². The number of aromatic nitrogens is 3. The van der Waals surface area contributed by atoms with Crippen LogP contribution < -0.4 is 5.32 Å². The molecule has 1 aromatic heterocycles. The summed E-state index contributed by atoms with van der Waals surface area (Å²) >= 11 is 1.16. The highest BCUT2D eigenvalue weighted by Gasteiger charge is 2.33. The molecule has 1 amide bonds. The zero-order chi connectivity index (χ0) is 18.7. The highest BCUT2D eigenvalue weighted by molar-refractivity contribution is 7.99. The van der Waals surface area contributed by atoms with Crippen molar-refractivity contribution in [3.63, 3.8) is 0 Å². The molecule has 1 aliphatic rings. The van der Waals surface area contributed by atoms with Crippen LogP contribution in [-0.4, -0.2) is 26.4 Å². The van der Waals surface area contributed by atoms with Gasteiger partial charge in [-0.25, -0.2) is 0 Å². The van der Waals surface area contributed by atoms with Gasteiger partial charge in [0.2, 0.25) is 5.91 Å². The van der Waals surface area contributed by atoms with Crippen LogP contribution in [0.2, 0.25) is 0 Å². The minimum atomic E-state index is -4.52. The molecule has 1 fully saturated rings. The lowest BCUT2D eigenvalue weighted by atomic mass is 10.1. The van der Waals surface area contributed by atoms with Crippen LogP contribution in [0, 0.1) is 0 Å². The fourth-order valence-corrected chi connectivity index (χ4v) is 3.87. The molecule has 140 valence electrons. The molecule has 9 heteroatoms.